The van der Waals surface area contributed by atoms with Crippen LogP contribution in [0.1, 0.15) is 0 Å². The molecule has 21 fully saturated rings. The van der Waals surface area contributed by atoms with Crippen molar-refractivity contribution in [3.05, 3.63) is 10.3 Å². The Morgan fingerprint density at radius 2 is 0.500 bits per heavy atom. The molecule has 21 heterocycles. The van der Waals surface area contributed by atoms with Gasteiger partial charge >= 0.3 is 0 Å². The van der Waals surface area contributed by atoms with Crippen LogP contribution >= 0.6 is 24.0 Å². The first kappa shape index (κ1) is 67.9. The Kier molecular flexibility index (Phi) is 23.7. The summed E-state index contributed by atoms with van der Waals surface area (Å²) in [4.78, 5) is -0.851. The summed E-state index contributed by atoms with van der Waals surface area (Å²) in [7, 11) is 0. The first-order chi connectivity index (χ1) is 40.0. The largest absolute Gasteiger partial charge is 0.762 e. The van der Waals surface area contributed by atoms with E-state index in [1.807, 2.05) is 0 Å². The van der Waals surface area contributed by atoms with E-state index in [4.69, 9.17) is 78.5 Å². The second-order valence-electron chi connectivity index (χ2n) is 20.7. The van der Waals surface area contributed by atoms with Crippen LogP contribution in [0.2, 0.25) is 0 Å². The van der Waals surface area contributed by atoms with Crippen molar-refractivity contribution in [3.63, 3.8) is 0 Å². The minimum Gasteiger partial charge on any atom is -0.762 e. The molecule has 21 saturated heterocycles. The van der Waals surface area contributed by atoms with Gasteiger partial charge in [-0.3, -0.25) is 5.87 Å². The number of thioether (sulfide) groups is 1. The molecule has 84 heavy (non-hydrogen) atoms. The molecule has 0 spiro atoms. The molecule has 0 aliphatic carbocycles. The van der Waals surface area contributed by atoms with Gasteiger partial charge in [-0.25, -0.2) is 0 Å². The highest BCUT2D eigenvalue weighted by Crippen LogP contribution is 2.39. The summed E-state index contributed by atoms with van der Waals surface area (Å²) in [6.45, 7) is -6.44. The summed E-state index contributed by atoms with van der Waals surface area (Å²) in [6, 6.07) is 1.62. The first-order valence-electron chi connectivity index (χ1n) is 26.2. The molecule has 38 heteroatoms. The molecular formula is C46H69N2O34S2-. The van der Waals surface area contributed by atoms with E-state index in [1.54, 1.807) is 11.9 Å². The minimum atomic E-state index is -2.27. The van der Waals surface area contributed by atoms with Gasteiger partial charge in [0, 0.05) is 5.75 Å². The quantitative estimate of drug-likeness (QED) is 0.0549. The molecule has 21 aliphatic rings. The van der Waals surface area contributed by atoms with Crippen LogP contribution in [0.4, 0.5) is 0 Å². The normalized spacial score (nSPS) is 51.4. The Hall–Kier alpha value is -1.98. The highest BCUT2D eigenvalue weighted by atomic mass is 32.2. The van der Waals surface area contributed by atoms with Crippen molar-refractivity contribution in [3.8, 4) is 6.07 Å². The summed E-state index contributed by atoms with van der Waals surface area (Å²) in [5, 5.41) is 242. The molecule has 1 unspecified atom stereocenters. The summed E-state index contributed by atoms with van der Waals surface area (Å²) >= 11 is 5.53. The number of nitrogens with zero attached hydrogens (tertiary/aromatic N) is 2. The van der Waals surface area contributed by atoms with E-state index in [9.17, 15) is 113 Å². The van der Waals surface area contributed by atoms with Gasteiger partial charge < -0.3 is 174 Å². The lowest BCUT2D eigenvalue weighted by molar-refractivity contribution is -0.396. The number of allylic oxidation sites excluding steroid dienone is 1. The molecule has 21 aliphatic heterocycles. The van der Waals surface area contributed by atoms with Gasteiger partial charge in [-0.1, -0.05) is 12.2 Å². The number of hydrogen-bond acceptors (Lipinski definition) is 37. The third kappa shape index (κ3) is 13.7. The van der Waals surface area contributed by atoms with E-state index in [1.165, 1.54) is 0 Å². The van der Waals surface area contributed by atoms with E-state index in [2.05, 4.69) is 0 Å². The van der Waals surface area contributed by atoms with Crippen molar-refractivity contribution in [1.29, 1.82) is 5.26 Å². The second kappa shape index (κ2) is 29.3. The van der Waals surface area contributed by atoms with Gasteiger partial charge in [-0.2, -0.15) is 5.26 Å². The fourth-order valence-electron chi connectivity index (χ4n) is 10.8. The molecule has 0 aromatic heterocycles. The van der Waals surface area contributed by atoms with Crippen LogP contribution in [0, 0.1) is 11.3 Å². The van der Waals surface area contributed by atoms with Gasteiger partial charge in [0.05, 0.1) is 50.7 Å². The maximum Gasteiger partial charge on any atom is 0.187 e. The maximum absolute atomic E-state index is 11.7. The number of rotatable bonds is 10. The average molecular weight is 1260 g/mol. The lowest BCUT2D eigenvalue weighted by Gasteiger charge is -2.50. The molecule has 20 N–H and O–H groups in total. The predicted octanol–water partition coefficient (Wildman–Crippen LogP) is -13.5. The molecule has 21 rings (SSSR count). The lowest BCUT2D eigenvalue weighted by atomic mass is 9.95. The monoisotopic (exact) mass is 1260 g/mol. The van der Waals surface area contributed by atoms with Gasteiger partial charge in [0.25, 0.3) is 0 Å². The van der Waals surface area contributed by atoms with Crippen LogP contribution in [0.25, 0.3) is 5.41 Å². The lowest BCUT2D eigenvalue weighted by Crippen LogP contribution is -2.68. The number of hydrogen-bond donors (Lipinski definition) is 20. The van der Waals surface area contributed by atoms with Gasteiger partial charge in [-0.15, -0.1) is 11.8 Å². The molecule has 35 atom stereocenters. The fraction of sp³-hybridized carbons (Fsp3) is 0.913. The Labute approximate surface area is 483 Å². The number of thiocarbonyl (C=S) groups is 1. The zero-order chi connectivity index (χ0) is 61.3. The number of aliphatic hydroxyl groups is 20. The third-order valence-corrected chi connectivity index (χ3v) is 16.9. The molecule has 36 nitrogen and oxygen atoms in total. The van der Waals surface area contributed by atoms with E-state index in [0.717, 1.165) is 0 Å². The van der Waals surface area contributed by atoms with Crippen LogP contribution in [0.5, 0.6) is 0 Å². The van der Waals surface area contributed by atoms with E-state index in [0.29, 0.717) is 11.8 Å². The minimum absolute atomic E-state index is 0.359. The third-order valence-electron chi connectivity index (χ3n) is 15.4. The molecule has 0 saturated carbocycles. The van der Waals surface area contributed by atoms with Crippen LogP contribution in [0.3, 0.4) is 0 Å². The molecule has 480 valence electrons. The fourth-order valence-corrected chi connectivity index (χ4v) is 11.8. The Bertz CT molecular complexity index is 2230. The Balaban J connectivity index is 1.11. The molecule has 0 aromatic rings. The van der Waals surface area contributed by atoms with Crippen molar-refractivity contribution in [2.45, 2.75) is 215 Å². The van der Waals surface area contributed by atoms with Gasteiger partial charge in [0.15, 0.2) is 44.0 Å². The van der Waals surface area contributed by atoms with Crippen LogP contribution < -0.4 is 0 Å². The van der Waals surface area contributed by atoms with E-state index >= 15 is 0 Å². The van der Waals surface area contributed by atoms with Crippen molar-refractivity contribution >= 4 is 34.7 Å². The first-order valence-corrected chi connectivity index (χ1v) is 27.6. The Morgan fingerprint density at radius 3 is 0.667 bits per heavy atom. The summed E-state index contributed by atoms with van der Waals surface area (Å²) in [5.74, 6) is 1.19. The van der Waals surface area contributed by atoms with Crippen molar-refractivity contribution in [2.75, 3.05) is 45.4 Å². The molecule has 0 radical (unpaired) electrons. The summed E-state index contributed by atoms with van der Waals surface area (Å²) in [6.07, 6.45) is -71.5. The van der Waals surface area contributed by atoms with E-state index in [-0.39, 0.29) is 4.91 Å². The van der Waals surface area contributed by atoms with Gasteiger partial charge in [-0.05, 0) is 0 Å². The zero-order valence-electron chi connectivity index (χ0n) is 43.5. The molecule has 0 amide bonds. The smallest absolute Gasteiger partial charge is 0.187 e. The van der Waals surface area contributed by atoms with E-state index < -0.39 is 265 Å². The van der Waals surface area contributed by atoms with Crippen LogP contribution in [-0.4, -0.2) is 373 Å². The number of nitriles is 1. The van der Waals surface area contributed by atoms with Crippen molar-refractivity contribution in [1.82, 2.24) is 0 Å². The van der Waals surface area contributed by atoms with Crippen LogP contribution in [0.15, 0.2) is 4.91 Å². The summed E-state index contributed by atoms with van der Waals surface area (Å²) in [5.41, 5.74) is 0. The summed E-state index contributed by atoms with van der Waals surface area (Å²) < 4.78 is 80.6. The zero-order valence-corrected chi connectivity index (χ0v) is 45.2. The van der Waals surface area contributed by atoms with Gasteiger partial charge in [0.2, 0.25) is 0 Å². The predicted molar refractivity (Wildman–Crippen MR) is 264 cm³/mol. The van der Waals surface area contributed by atoms with Crippen molar-refractivity contribution < 1.29 is 168 Å². The second-order valence-corrected chi connectivity index (χ2v) is 22.1. The average Bonchev–Trinajstić information content (AvgIpc) is 2.07. The molecule has 14 bridgehead atoms. The SMILES string of the molecule is N#CC(=S)C(=C=[N-])SC[C@H]1O[C@@H]2O[C@@H]3[C@@H](O)[C@H](O)[C@H](O[C@@H]4[C@@H](O)[C@H](O)[C@H](O[C@@H]5[C@@H](O)[C@@H](O)C(O[C@@H]6[C@H](O)[C@@H](O)[C@H](O[C@@H]7[C@H](O)[C@@H](O)[C@H](O[C@@H]8[C@H](O)[C@@H](O)[C@H](O[C@H]1[C@@H](O)[C@@H]2O)O[C@H]8CO)O[C@H]7CO)O[C@H]6CO)O[C@@H]5CO)O[C@@H]4CO)O[C@@H]3CO. The maximum atomic E-state index is 11.7. The highest BCUT2D eigenvalue weighted by Gasteiger charge is 2.59. The van der Waals surface area contributed by atoms with Gasteiger partial charge in [0.1, 0.15) is 176 Å². The van der Waals surface area contributed by atoms with Crippen molar-refractivity contribution in [2.24, 2.45) is 0 Å². The molecule has 0 aromatic carbocycles. The molecular weight excluding hydrogens is 1190 g/mol. The number of aliphatic hydroxyl groups excluding tert-OH is 20. The topological polar surface area (TPSA) is 580 Å². The standard InChI is InChI=1S/C46H69N2O34S2/c47-1-17(83)18(2-48)84-9-16-39-25(61)32(68)46(75-16)81-38-15(8-54)73-44(30(66)23(38)59)79-36-13(6-52)71-42(28(64)21(36)57)77-34-11(4-50)69-40(26(62)19(34)55)76-33-10(3-49)70-41(27(63)20(33)56)78-35-12(5-51)72-43(29(65)22(35)58)80-37-14(7-53)74-45(82-39)31(67)24(37)60/h10-16,19-46,49-68H,3-9H2/q-1/t10-,11+,12-,13+,14-,15+,16+,19-,20+,21-,22+,23-,24+,25-,26+,27+,28-,29+,30-,31+,32-,33-,34-,35-,36-,37-,38-,39+,40?,41-,42-,43-,44-,45-,46+/m0/s1. The number of ether oxygens (including phenoxy) is 14. The Morgan fingerprint density at radius 1 is 0.321 bits per heavy atom. The highest BCUT2D eigenvalue weighted by molar-refractivity contribution is 8.05. The van der Waals surface area contributed by atoms with Crippen LogP contribution in [-0.2, 0) is 66.3 Å².